The van der Waals surface area contributed by atoms with Crippen LogP contribution in [0.2, 0.25) is 10.0 Å². The Morgan fingerprint density at radius 3 is 2.70 bits per heavy atom. The highest BCUT2D eigenvalue weighted by atomic mass is 35.5. The minimum absolute atomic E-state index is 0.0397. The summed E-state index contributed by atoms with van der Waals surface area (Å²) >= 11 is 11.9. The number of hydrogen-bond acceptors (Lipinski definition) is 3. The molecule has 0 radical (unpaired) electrons. The molecule has 2 fully saturated rings. The van der Waals surface area contributed by atoms with Gasteiger partial charge in [0.15, 0.2) is 0 Å². The highest BCUT2D eigenvalue weighted by Gasteiger charge is 2.36. The zero-order valence-electron chi connectivity index (χ0n) is 11.0. The maximum absolute atomic E-state index is 12.1. The molecule has 3 rings (SSSR count). The number of amides is 1. The molecular formula is C14H17Cl2N3O. The lowest BCUT2D eigenvalue weighted by Gasteiger charge is -2.16. The predicted molar refractivity (Wildman–Crippen MR) is 81.4 cm³/mol. The fraction of sp³-hybridized carbons (Fsp3) is 0.500. The average molecular weight is 314 g/mol. The van der Waals surface area contributed by atoms with Gasteiger partial charge >= 0.3 is 0 Å². The SMILES string of the molecule is O=C(CN1CC2CNCC2C1)Nc1cc(Cl)ccc1Cl. The van der Waals surface area contributed by atoms with Crippen molar-refractivity contribution in [3.63, 3.8) is 0 Å². The van der Waals surface area contributed by atoms with Gasteiger partial charge < -0.3 is 10.6 Å². The molecule has 20 heavy (non-hydrogen) atoms. The van der Waals surface area contributed by atoms with Gasteiger partial charge in [-0.25, -0.2) is 0 Å². The van der Waals surface area contributed by atoms with E-state index in [0.717, 1.165) is 26.2 Å². The summed E-state index contributed by atoms with van der Waals surface area (Å²) < 4.78 is 0. The first kappa shape index (κ1) is 14.1. The van der Waals surface area contributed by atoms with Gasteiger partial charge in [0.05, 0.1) is 17.3 Å². The fourth-order valence-electron chi connectivity index (χ4n) is 3.07. The third-order valence-electron chi connectivity index (χ3n) is 4.03. The second-order valence-corrected chi connectivity index (χ2v) is 6.39. The number of benzene rings is 1. The average Bonchev–Trinajstić information content (AvgIpc) is 2.94. The lowest BCUT2D eigenvalue weighted by Crippen LogP contribution is -2.33. The number of likely N-dealkylation sites (tertiary alicyclic amines) is 1. The fourth-order valence-corrected chi connectivity index (χ4v) is 3.40. The summed E-state index contributed by atoms with van der Waals surface area (Å²) in [6, 6.07) is 5.06. The largest absolute Gasteiger partial charge is 0.324 e. The number of carbonyl (C=O) groups is 1. The zero-order valence-corrected chi connectivity index (χ0v) is 12.5. The van der Waals surface area contributed by atoms with Crippen molar-refractivity contribution in [2.45, 2.75) is 0 Å². The van der Waals surface area contributed by atoms with E-state index in [2.05, 4.69) is 15.5 Å². The third-order valence-corrected chi connectivity index (χ3v) is 4.60. The summed E-state index contributed by atoms with van der Waals surface area (Å²) in [5.74, 6) is 1.34. The molecule has 2 saturated heterocycles. The number of anilines is 1. The van der Waals surface area contributed by atoms with Gasteiger partial charge in [0.2, 0.25) is 5.91 Å². The molecule has 1 aromatic rings. The maximum atomic E-state index is 12.1. The normalized spacial score (nSPS) is 25.7. The van der Waals surface area contributed by atoms with Gasteiger partial charge in [0.25, 0.3) is 0 Å². The standard InChI is InChI=1S/C14H17Cl2N3O/c15-11-1-2-12(16)13(3-11)18-14(20)8-19-6-9-4-17-5-10(9)7-19/h1-3,9-10,17H,4-8H2,(H,18,20). The Hall–Kier alpha value is -0.810. The number of halogens is 2. The van der Waals surface area contributed by atoms with Crippen molar-refractivity contribution in [1.82, 2.24) is 10.2 Å². The van der Waals surface area contributed by atoms with Crippen molar-refractivity contribution >= 4 is 34.8 Å². The van der Waals surface area contributed by atoms with Crippen molar-refractivity contribution < 1.29 is 4.79 Å². The van der Waals surface area contributed by atoms with Crippen LogP contribution < -0.4 is 10.6 Å². The number of fused-ring (bicyclic) bond motifs is 1. The summed E-state index contributed by atoms with van der Waals surface area (Å²) in [6.07, 6.45) is 0. The zero-order chi connectivity index (χ0) is 14.1. The van der Waals surface area contributed by atoms with E-state index >= 15 is 0 Å². The van der Waals surface area contributed by atoms with Crippen molar-refractivity contribution in [2.24, 2.45) is 11.8 Å². The van der Waals surface area contributed by atoms with Crippen LogP contribution in [0.3, 0.4) is 0 Å². The molecule has 2 heterocycles. The van der Waals surface area contributed by atoms with Gasteiger partial charge in [-0.1, -0.05) is 23.2 Å². The molecule has 1 amide bonds. The van der Waals surface area contributed by atoms with Gasteiger partial charge in [-0.15, -0.1) is 0 Å². The Morgan fingerprint density at radius 2 is 2.00 bits per heavy atom. The van der Waals surface area contributed by atoms with E-state index in [4.69, 9.17) is 23.2 Å². The minimum Gasteiger partial charge on any atom is -0.324 e. The molecular weight excluding hydrogens is 297 g/mol. The lowest BCUT2D eigenvalue weighted by atomic mass is 10.0. The van der Waals surface area contributed by atoms with E-state index in [0.29, 0.717) is 34.1 Å². The molecule has 0 saturated carbocycles. The van der Waals surface area contributed by atoms with Crippen molar-refractivity contribution in [3.05, 3.63) is 28.2 Å². The van der Waals surface area contributed by atoms with Crippen molar-refractivity contribution in [2.75, 3.05) is 38.0 Å². The van der Waals surface area contributed by atoms with Gasteiger partial charge in [0, 0.05) is 18.1 Å². The molecule has 6 heteroatoms. The van der Waals surface area contributed by atoms with Crippen LogP contribution in [0.15, 0.2) is 18.2 Å². The number of carbonyl (C=O) groups excluding carboxylic acids is 1. The number of nitrogens with one attached hydrogen (secondary N) is 2. The van der Waals surface area contributed by atoms with Crippen LogP contribution in [-0.4, -0.2) is 43.5 Å². The third kappa shape index (κ3) is 3.09. The van der Waals surface area contributed by atoms with E-state index in [-0.39, 0.29) is 5.91 Å². The van der Waals surface area contributed by atoms with Gasteiger partial charge in [-0.3, -0.25) is 9.69 Å². The Balaban J connectivity index is 1.56. The molecule has 2 atom stereocenters. The van der Waals surface area contributed by atoms with Gasteiger partial charge in [0.1, 0.15) is 0 Å². The number of hydrogen-bond donors (Lipinski definition) is 2. The van der Waals surface area contributed by atoms with Crippen LogP contribution in [0, 0.1) is 11.8 Å². The topological polar surface area (TPSA) is 44.4 Å². The second-order valence-electron chi connectivity index (χ2n) is 5.54. The smallest absolute Gasteiger partial charge is 0.238 e. The van der Waals surface area contributed by atoms with Crippen molar-refractivity contribution in [3.8, 4) is 0 Å². The van der Waals surface area contributed by atoms with Crippen LogP contribution in [-0.2, 0) is 4.79 Å². The lowest BCUT2D eigenvalue weighted by molar-refractivity contribution is -0.117. The molecule has 2 N–H and O–H groups in total. The molecule has 2 aliphatic heterocycles. The van der Waals surface area contributed by atoms with E-state index in [9.17, 15) is 4.79 Å². The number of rotatable bonds is 3. The van der Waals surface area contributed by atoms with Gasteiger partial charge in [-0.05, 0) is 43.1 Å². The van der Waals surface area contributed by atoms with E-state index in [1.807, 2.05) is 0 Å². The summed E-state index contributed by atoms with van der Waals surface area (Å²) in [7, 11) is 0. The first-order chi connectivity index (χ1) is 9.61. The second kappa shape index (κ2) is 5.90. The Kier molecular flexibility index (Phi) is 4.17. The first-order valence-electron chi connectivity index (χ1n) is 6.80. The summed E-state index contributed by atoms with van der Waals surface area (Å²) in [5, 5.41) is 7.29. The van der Waals surface area contributed by atoms with Crippen LogP contribution in [0.5, 0.6) is 0 Å². The van der Waals surface area contributed by atoms with Crippen LogP contribution >= 0.6 is 23.2 Å². The molecule has 0 aromatic heterocycles. The van der Waals surface area contributed by atoms with Gasteiger partial charge in [-0.2, -0.15) is 0 Å². The Morgan fingerprint density at radius 1 is 1.30 bits per heavy atom. The van der Waals surface area contributed by atoms with E-state index in [1.54, 1.807) is 18.2 Å². The predicted octanol–water partition coefficient (Wildman–Crippen LogP) is 2.08. The molecule has 2 aliphatic rings. The van der Waals surface area contributed by atoms with Crippen LogP contribution in [0.25, 0.3) is 0 Å². The number of nitrogens with zero attached hydrogens (tertiary/aromatic N) is 1. The Labute approximate surface area is 128 Å². The molecule has 108 valence electrons. The Bertz CT molecular complexity index is 511. The van der Waals surface area contributed by atoms with Crippen molar-refractivity contribution in [1.29, 1.82) is 0 Å². The van der Waals surface area contributed by atoms with Crippen LogP contribution in [0.4, 0.5) is 5.69 Å². The molecule has 2 unspecified atom stereocenters. The minimum atomic E-state index is -0.0397. The highest BCUT2D eigenvalue weighted by molar-refractivity contribution is 6.35. The molecule has 0 spiro atoms. The monoisotopic (exact) mass is 313 g/mol. The summed E-state index contributed by atoms with van der Waals surface area (Å²) in [6.45, 7) is 4.55. The molecule has 4 nitrogen and oxygen atoms in total. The quantitative estimate of drug-likeness (QED) is 0.898. The van der Waals surface area contributed by atoms with E-state index < -0.39 is 0 Å². The first-order valence-corrected chi connectivity index (χ1v) is 7.55. The van der Waals surface area contributed by atoms with Crippen LogP contribution in [0.1, 0.15) is 0 Å². The summed E-state index contributed by atoms with van der Waals surface area (Å²) in [5.41, 5.74) is 0.574. The molecule has 1 aromatic carbocycles. The molecule has 0 bridgehead atoms. The molecule has 0 aliphatic carbocycles. The van der Waals surface area contributed by atoms with E-state index in [1.165, 1.54) is 0 Å². The highest BCUT2D eigenvalue weighted by Crippen LogP contribution is 2.27. The maximum Gasteiger partial charge on any atom is 0.238 e. The summed E-state index contributed by atoms with van der Waals surface area (Å²) in [4.78, 5) is 14.3.